The van der Waals surface area contributed by atoms with Gasteiger partial charge in [-0.2, -0.15) is 11.8 Å². The first-order valence-electron chi connectivity index (χ1n) is 7.06. The molecule has 0 bridgehead atoms. The lowest BCUT2D eigenvalue weighted by Gasteiger charge is -2.27. The maximum Gasteiger partial charge on any atom is 0.238 e. The van der Waals surface area contributed by atoms with Gasteiger partial charge in [0.05, 0.1) is 13.7 Å². The zero-order valence-electron chi connectivity index (χ0n) is 11.7. The minimum atomic E-state index is -0.0150. The molecular weight excluding hydrogens is 272 g/mol. The van der Waals surface area contributed by atoms with E-state index in [-0.39, 0.29) is 12.1 Å². The van der Waals surface area contributed by atoms with Crippen LogP contribution in [0.4, 0.5) is 0 Å². The van der Waals surface area contributed by atoms with Crippen LogP contribution in [-0.4, -0.2) is 42.0 Å². The van der Waals surface area contributed by atoms with E-state index in [9.17, 15) is 4.79 Å². The van der Waals surface area contributed by atoms with E-state index in [4.69, 9.17) is 4.74 Å². The average Bonchev–Trinajstić information content (AvgIpc) is 3.11. The van der Waals surface area contributed by atoms with Crippen LogP contribution in [0, 0.1) is 0 Å². The fourth-order valence-electron chi connectivity index (χ4n) is 2.86. The molecular formula is C15H20N2O2S. The summed E-state index contributed by atoms with van der Waals surface area (Å²) in [6.07, 6.45) is 2.48. The van der Waals surface area contributed by atoms with E-state index < -0.39 is 0 Å². The first kappa shape index (κ1) is 13.8. The quantitative estimate of drug-likeness (QED) is 0.922. The van der Waals surface area contributed by atoms with Crippen molar-refractivity contribution in [3.63, 3.8) is 0 Å². The van der Waals surface area contributed by atoms with Gasteiger partial charge in [0, 0.05) is 11.8 Å². The van der Waals surface area contributed by atoms with Crippen molar-refractivity contribution in [2.24, 2.45) is 0 Å². The lowest BCUT2D eigenvalue weighted by atomic mass is 10.1. The van der Waals surface area contributed by atoms with Crippen molar-refractivity contribution in [1.82, 2.24) is 10.2 Å². The number of hydrogen-bond donors (Lipinski definition) is 1. The van der Waals surface area contributed by atoms with Crippen LogP contribution < -0.4 is 10.1 Å². The number of hydrogen-bond acceptors (Lipinski definition) is 4. The molecule has 2 heterocycles. The van der Waals surface area contributed by atoms with Crippen LogP contribution >= 0.6 is 11.8 Å². The molecule has 0 spiro atoms. The van der Waals surface area contributed by atoms with Crippen LogP contribution in [0.15, 0.2) is 24.3 Å². The Morgan fingerprint density at radius 3 is 3.15 bits per heavy atom. The van der Waals surface area contributed by atoms with Crippen LogP contribution in [0.5, 0.6) is 5.75 Å². The van der Waals surface area contributed by atoms with Gasteiger partial charge in [-0.05, 0) is 36.3 Å². The second kappa shape index (κ2) is 6.06. The van der Waals surface area contributed by atoms with Gasteiger partial charge in [-0.15, -0.1) is 0 Å². The lowest BCUT2D eigenvalue weighted by Crippen LogP contribution is -2.35. The molecule has 5 heteroatoms. The van der Waals surface area contributed by atoms with E-state index in [1.54, 1.807) is 7.11 Å². The third kappa shape index (κ3) is 2.79. The molecule has 2 aliphatic heterocycles. The zero-order valence-corrected chi connectivity index (χ0v) is 12.5. The van der Waals surface area contributed by atoms with E-state index in [1.807, 2.05) is 40.9 Å². The Hall–Kier alpha value is -1.20. The summed E-state index contributed by atoms with van der Waals surface area (Å²) in [5.74, 6) is 2.26. The highest BCUT2D eigenvalue weighted by Gasteiger charge is 2.34. The summed E-state index contributed by atoms with van der Waals surface area (Å²) >= 11 is 1.99. The standard InChI is InChI=1S/C15H20N2O2S/c1-19-12-5-2-4-11(8-12)15-16-9-14(18)17(15)10-13-6-3-7-20-13/h2,4-5,8,13,15-16H,3,6-7,9-10H2,1H3. The highest BCUT2D eigenvalue weighted by Crippen LogP contribution is 2.31. The van der Waals surface area contributed by atoms with E-state index in [0.29, 0.717) is 11.8 Å². The maximum atomic E-state index is 12.1. The molecule has 4 nitrogen and oxygen atoms in total. The molecule has 1 amide bonds. The van der Waals surface area contributed by atoms with Gasteiger partial charge < -0.3 is 9.64 Å². The van der Waals surface area contributed by atoms with Gasteiger partial charge in [0.2, 0.25) is 5.91 Å². The largest absolute Gasteiger partial charge is 0.497 e. The Kier molecular flexibility index (Phi) is 4.17. The van der Waals surface area contributed by atoms with Crippen LogP contribution in [0.25, 0.3) is 0 Å². The minimum Gasteiger partial charge on any atom is -0.497 e. The number of methoxy groups -OCH3 is 1. The Bertz CT molecular complexity index is 489. The van der Waals surface area contributed by atoms with Crippen LogP contribution in [0.2, 0.25) is 0 Å². The molecule has 108 valence electrons. The Labute approximate surface area is 123 Å². The summed E-state index contributed by atoms with van der Waals surface area (Å²) in [6.45, 7) is 1.28. The van der Waals surface area contributed by atoms with E-state index >= 15 is 0 Å². The van der Waals surface area contributed by atoms with Gasteiger partial charge in [-0.25, -0.2) is 0 Å². The number of carbonyl (C=O) groups excluding carboxylic acids is 1. The summed E-state index contributed by atoms with van der Waals surface area (Å²) in [4.78, 5) is 14.1. The molecule has 20 heavy (non-hydrogen) atoms. The molecule has 1 N–H and O–H groups in total. The van der Waals surface area contributed by atoms with E-state index in [0.717, 1.165) is 17.9 Å². The second-order valence-electron chi connectivity index (χ2n) is 5.24. The molecule has 1 aromatic rings. The first-order valence-corrected chi connectivity index (χ1v) is 8.11. The average molecular weight is 292 g/mol. The van der Waals surface area contributed by atoms with Gasteiger partial charge in [0.15, 0.2) is 0 Å². The van der Waals surface area contributed by atoms with Crippen LogP contribution in [0.3, 0.4) is 0 Å². The van der Waals surface area contributed by atoms with Gasteiger partial charge in [-0.3, -0.25) is 10.1 Å². The highest BCUT2D eigenvalue weighted by atomic mass is 32.2. The number of nitrogens with one attached hydrogen (secondary N) is 1. The fraction of sp³-hybridized carbons (Fsp3) is 0.533. The van der Waals surface area contributed by atoms with Crippen molar-refractivity contribution in [1.29, 1.82) is 0 Å². The number of benzene rings is 1. The molecule has 2 unspecified atom stereocenters. The SMILES string of the molecule is COc1cccc(C2NCC(=O)N2CC2CCCS2)c1. The zero-order chi connectivity index (χ0) is 13.9. The third-order valence-corrected chi connectivity index (χ3v) is 5.29. The molecule has 0 saturated carbocycles. The predicted octanol–water partition coefficient (Wildman–Crippen LogP) is 2.02. The third-order valence-electron chi connectivity index (χ3n) is 3.91. The second-order valence-corrected chi connectivity index (χ2v) is 6.65. The molecule has 2 atom stereocenters. The van der Waals surface area contributed by atoms with Crippen molar-refractivity contribution >= 4 is 17.7 Å². The number of nitrogens with zero attached hydrogens (tertiary/aromatic N) is 1. The topological polar surface area (TPSA) is 41.6 Å². The Morgan fingerprint density at radius 1 is 1.50 bits per heavy atom. The normalized spacial score (nSPS) is 26.2. The van der Waals surface area contributed by atoms with Crippen molar-refractivity contribution in [3.8, 4) is 5.75 Å². The molecule has 0 aromatic heterocycles. The number of amides is 1. The molecule has 2 fully saturated rings. The predicted molar refractivity (Wildman–Crippen MR) is 80.9 cm³/mol. The van der Waals surface area contributed by atoms with Crippen molar-refractivity contribution in [3.05, 3.63) is 29.8 Å². The van der Waals surface area contributed by atoms with Crippen LogP contribution in [0.1, 0.15) is 24.6 Å². The lowest BCUT2D eigenvalue weighted by molar-refractivity contribution is -0.128. The van der Waals surface area contributed by atoms with Crippen molar-refractivity contribution < 1.29 is 9.53 Å². The molecule has 0 aliphatic carbocycles. The van der Waals surface area contributed by atoms with Gasteiger partial charge in [0.1, 0.15) is 11.9 Å². The number of rotatable bonds is 4. The highest BCUT2D eigenvalue weighted by molar-refractivity contribution is 8.00. The first-order chi connectivity index (χ1) is 9.78. The number of ether oxygens (including phenoxy) is 1. The van der Waals surface area contributed by atoms with Crippen molar-refractivity contribution in [2.75, 3.05) is 26.0 Å². The molecule has 0 radical (unpaired) electrons. The van der Waals surface area contributed by atoms with Gasteiger partial charge >= 0.3 is 0 Å². The number of thioether (sulfide) groups is 1. The fourth-order valence-corrected chi connectivity index (χ4v) is 4.13. The molecule has 1 aromatic carbocycles. The van der Waals surface area contributed by atoms with E-state index in [1.165, 1.54) is 18.6 Å². The summed E-state index contributed by atoms with van der Waals surface area (Å²) in [6, 6.07) is 7.96. The summed E-state index contributed by atoms with van der Waals surface area (Å²) in [7, 11) is 1.67. The summed E-state index contributed by atoms with van der Waals surface area (Å²) < 4.78 is 5.27. The van der Waals surface area contributed by atoms with Crippen molar-refractivity contribution in [2.45, 2.75) is 24.3 Å². The number of carbonyl (C=O) groups is 1. The minimum absolute atomic E-state index is 0.0150. The maximum absolute atomic E-state index is 12.1. The smallest absolute Gasteiger partial charge is 0.238 e. The molecule has 2 saturated heterocycles. The Balaban J connectivity index is 1.77. The molecule has 2 aliphatic rings. The molecule has 3 rings (SSSR count). The van der Waals surface area contributed by atoms with E-state index in [2.05, 4.69) is 5.32 Å². The van der Waals surface area contributed by atoms with Gasteiger partial charge in [-0.1, -0.05) is 12.1 Å². The van der Waals surface area contributed by atoms with Gasteiger partial charge in [0.25, 0.3) is 0 Å². The Morgan fingerprint density at radius 2 is 2.40 bits per heavy atom. The summed E-state index contributed by atoms with van der Waals surface area (Å²) in [5, 5.41) is 3.90. The summed E-state index contributed by atoms with van der Waals surface area (Å²) in [5.41, 5.74) is 1.10. The van der Waals surface area contributed by atoms with Crippen LogP contribution in [-0.2, 0) is 4.79 Å². The monoisotopic (exact) mass is 292 g/mol.